The van der Waals surface area contributed by atoms with Gasteiger partial charge < -0.3 is 15.0 Å². The fourth-order valence-corrected chi connectivity index (χ4v) is 2.67. The fraction of sp³-hybridized carbons (Fsp3) is 0.933. The zero-order chi connectivity index (χ0) is 16.8. The minimum absolute atomic E-state index is 0.163. The predicted molar refractivity (Wildman–Crippen MR) is 89.1 cm³/mol. The van der Waals surface area contributed by atoms with E-state index in [2.05, 4.69) is 5.32 Å². The van der Waals surface area contributed by atoms with E-state index in [1.54, 1.807) is 11.2 Å². The van der Waals surface area contributed by atoms with E-state index in [4.69, 9.17) is 4.74 Å². The van der Waals surface area contributed by atoms with Gasteiger partial charge in [0.15, 0.2) is 0 Å². The highest BCUT2D eigenvalue weighted by atomic mass is 32.2. The summed E-state index contributed by atoms with van der Waals surface area (Å²) in [6.07, 6.45) is 1.39. The molecule has 0 rings (SSSR count). The molecule has 2 atom stereocenters. The van der Waals surface area contributed by atoms with Gasteiger partial charge >= 0.3 is 6.09 Å². The van der Waals surface area contributed by atoms with Crippen molar-refractivity contribution in [3.63, 3.8) is 0 Å². The minimum Gasteiger partial charge on any atom is -0.444 e. The van der Waals surface area contributed by atoms with Gasteiger partial charge in [0.1, 0.15) is 5.60 Å². The molecule has 0 aromatic rings. The normalized spacial score (nSPS) is 15.4. The standard InChI is InChI=1S/C15H32N2O3S/c1-12(11-21(8)19)16-9-10-17(14(2,3)4)13(18)20-15(5,6)7/h12,16H,9-11H2,1-8H3. The van der Waals surface area contributed by atoms with Gasteiger partial charge in [-0.2, -0.15) is 0 Å². The topological polar surface area (TPSA) is 58.6 Å². The van der Waals surface area contributed by atoms with Crippen molar-refractivity contribution >= 4 is 16.9 Å². The van der Waals surface area contributed by atoms with Gasteiger partial charge in [0, 0.05) is 47.5 Å². The maximum absolute atomic E-state index is 12.3. The Morgan fingerprint density at radius 3 is 2.14 bits per heavy atom. The van der Waals surface area contributed by atoms with Crippen LogP contribution in [-0.4, -0.2) is 57.5 Å². The second kappa shape index (κ2) is 8.13. The molecule has 0 aliphatic rings. The maximum Gasteiger partial charge on any atom is 0.410 e. The number of rotatable bonds is 6. The molecule has 126 valence electrons. The van der Waals surface area contributed by atoms with Crippen molar-refractivity contribution in [2.24, 2.45) is 0 Å². The van der Waals surface area contributed by atoms with Crippen molar-refractivity contribution in [3.8, 4) is 0 Å². The maximum atomic E-state index is 12.3. The summed E-state index contributed by atoms with van der Waals surface area (Å²) < 4.78 is 16.6. The van der Waals surface area contributed by atoms with Crippen LogP contribution in [-0.2, 0) is 15.5 Å². The van der Waals surface area contributed by atoms with Crippen LogP contribution in [0.15, 0.2) is 0 Å². The average molecular weight is 320 g/mol. The van der Waals surface area contributed by atoms with Gasteiger partial charge in [0.2, 0.25) is 0 Å². The Morgan fingerprint density at radius 2 is 1.76 bits per heavy atom. The Hall–Kier alpha value is -0.620. The lowest BCUT2D eigenvalue weighted by Gasteiger charge is -2.37. The Balaban J connectivity index is 4.53. The number of hydrogen-bond donors (Lipinski definition) is 1. The van der Waals surface area contributed by atoms with Gasteiger partial charge in [-0.05, 0) is 48.5 Å². The summed E-state index contributed by atoms with van der Waals surface area (Å²) in [5, 5.41) is 3.29. The molecule has 0 radical (unpaired) electrons. The molecule has 0 fully saturated rings. The van der Waals surface area contributed by atoms with Crippen LogP contribution in [0.1, 0.15) is 48.5 Å². The minimum atomic E-state index is -0.817. The molecule has 21 heavy (non-hydrogen) atoms. The van der Waals surface area contributed by atoms with Gasteiger partial charge in [0.05, 0.1) is 0 Å². The molecule has 0 heterocycles. The Morgan fingerprint density at radius 1 is 1.24 bits per heavy atom. The van der Waals surface area contributed by atoms with Crippen molar-refractivity contribution in [2.75, 3.05) is 25.1 Å². The van der Waals surface area contributed by atoms with E-state index >= 15 is 0 Å². The highest BCUT2D eigenvalue weighted by Crippen LogP contribution is 2.17. The number of carbonyl (C=O) groups is 1. The molecule has 0 saturated carbocycles. The molecule has 1 N–H and O–H groups in total. The number of carbonyl (C=O) groups excluding carboxylic acids is 1. The SMILES string of the molecule is CC(CS(C)=O)NCCN(C(=O)OC(C)(C)C)C(C)(C)C. The summed E-state index contributed by atoms with van der Waals surface area (Å²) in [5.41, 5.74) is -0.804. The molecule has 2 unspecified atom stereocenters. The highest BCUT2D eigenvalue weighted by Gasteiger charge is 2.30. The third kappa shape index (κ3) is 9.85. The quantitative estimate of drug-likeness (QED) is 0.816. The van der Waals surface area contributed by atoms with Crippen LogP contribution in [0, 0.1) is 0 Å². The van der Waals surface area contributed by atoms with Crippen molar-refractivity contribution < 1.29 is 13.7 Å². The Labute approximate surface area is 132 Å². The van der Waals surface area contributed by atoms with Gasteiger partial charge in [-0.1, -0.05) is 0 Å². The summed E-state index contributed by atoms with van der Waals surface area (Å²) in [6.45, 7) is 14.8. The summed E-state index contributed by atoms with van der Waals surface area (Å²) in [5.74, 6) is 0.613. The number of ether oxygens (including phenoxy) is 1. The lowest BCUT2D eigenvalue weighted by atomic mass is 10.1. The predicted octanol–water partition coefficient (Wildman–Crippen LogP) is 2.38. The van der Waals surface area contributed by atoms with Crippen molar-refractivity contribution in [1.29, 1.82) is 0 Å². The molecule has 5 nitrogen and oxygen atoms in total. The third-order valence-electron chi connectivity index (χ3n) is 2.74. The van der Waals surface area contributed by atoms with E-state index in [9.17, 15) is 9.00 Å². The van der Waals surface area contributed by atoms with Crippen LogP contribution in [0.4, 0.5) is 4.79 Å². The van der Waals surface area contributed by atoms with Gasteiger partial charge in [-0.15, -0.1) is 0 Å². The zero-order valence-corrected chi connectivity index (χ0v) is 15.6. The highest BCUT2D eigenvalue weighted by molar-refractivity contribution is 7.84. The van der Waals surface area contributed by atoms with Crippen LogP contribution in [0.25, 0.3) is 0 Å². The second-order valence-corrected chi connectivity index (χ2v) is 8.88. The Bertz CT molecular complexity index is 359. The monoisotopic (exact) mass is 320 g/mol. The first-order valence-corrected chi connectivity index (χ1v) is 9.09. The molecule has 0 aliphatic carbocycles. The van der Waals surface area contributed by atoms with Crippen LogP contribution in [0.5, 0.6) is 0 Å². The lowest BCUT2D eigenvalue weighted by molar-refractivity contribution is 0.00652. The lowest BCUT2D eigenvalue weighted by Crippen LogP contribution is -2.51. The summed E-state index contributed by atoms with van der Waals surface area (Å²) in [4.78, 5) is 14.0. The zero-order valence-electron chi connectivity index (χ0n) is 14.8. The average Bonchev–Trinajstić information content (AvgIpc) is 2.18. The molecular weight excluding hydrogens is 288 g/mol. The van der Waals surface area contributed by atoms with Gasteiger partial charge in [-0.3, -0.25) is 4.21 Å². The number of nitrogens with one attached hydrogen (secondary N) is 1. The van der Waals surface area contributed by atoms with Crippen LogP contribution < -0.4 is 5.32 Å². The van der Waals surface area contributed by atoms with Crippen molar-refractivity contribution in [2.45, 2.75) is 65.6 Å². The molecule has 0 saturated heterocycles. The third-order valence-corrected chi connectivity index (χ3v) is 3.71. The Kier molecular flexibility index (Phi) is 7.89. The molecule has 1 amide bonds. The first-order valence-electron chi connectivity index (χ1n) is 7.37. The number of amides is 1. The summed E-state index contributed by atoms with van der Waals surface area (Å²) in [6, 6.07) is 0.163. The molecule has 0 aromatic heterocycles. The first-order chi connectivity index (χ1) is 9.33. The molecule has 0 aromatic carbocycles. The van der Waals surface area contributed by atoms with E-state index in [-0.39, 0.29) is 17.7 Å². The summed E-state index contributed by atoms with van der Waals surface area (Å²) >= 11 is 0. The van der Waals surface area contributed by atoms with Crippen molar-refractivity contribution in [1.82, 2.24) is 10.2 Å². The molecule has 0 spiro atoms. The van der Waals surface area contributed by atoms with E-state index in [1.807, 2.05) is 48.5 Å². The second-order valence-electron chi connectivity index (χ2n) is 7.40. The number of hydrogen-bond acceptors (Lipinski definition) is 4. The van der Waals surface area contributed by atoms with E-state index in [0.717, 1.165) is 0 Å². The smallest absolute Gasteiger partial charge is 0.410 e. The fourth-order valence-electron chi connectivity index (χ4n) is 1.85. The van der Waals surface area contributed by atoms with Crippen LogP contribution in [0.2, 0.25) is 0 Å². The first kappa shape index (κ1) is 20.4. The van der Waals surface area contributed by atoms with Gasteiger partial charge in [-0.25, -0.2) is 4.79 Å². The largest absolute Gasteiger partial charge is 0.444 e. The van der Waals surface area contributed by atoms with E-state index < -0.39 is 16.4 Å². The molecule has 0 bridgehead atoms. The molecule has 6 heteroatoms. The van der Waals surface area contributed by atoms with Gasteiger partial charge in [0.25, 0.3) is 0 Å². The van der Waals surface area contributed by atoms with Crippen LogP contribution >= 0.6 is 0 Å². The van der Waals surface area contributed by atoms with Crippen molar-refractivity contribution in [3.05, 3.63) is 0 Å². The van der Waals surface area contributed by atoms with E-state index in [0.29, 0.717) is 18.8 Å². The molecular formula is C15H32N2O3S. The molecule has 0 aliphatic heterocycles. The van der Waals surface area contributed by atoms with E-state index in [1.165, 1.54) is 0 Å². The summed E-state index contributed by atoms with van der Waals surface area (Å²) in [7, 11) is -0.817. The van der Waals surface area contributed by atoms with Crippen LogP contribution in [0.3, 0.4) is 0 Å². The number of nitrogens with zero attached hydrogens (tertiary/aromatic N) is 1.